The third kappa shape index (κ3) is 4.00. The molecular weight excluding hydrogens is 328 g/mol. The number of benzene rings is 3. The van der Waals surface area contributed by atoms with Crippen molar-refractivity contribution in [3.63, 3.8) is 0 Å². The van der Waals surface area contributed by atoms with E-state index in [2.05, 4.69) is 16.1 Å². The second kappa shape index (κ2) is 8.15. The molecule has 0 radical (unpaired) electrons. The maximum Gasteiger partial charge on any atom is 0.265 e. The molecule has 132 valence electrons. The van der Waals surface area contributed by atoms with Gasteiger partial charge in [0.25, 0.3) is 5.91 Å². The summed E-state index contributed by atoms with van der Waals surface area (Å²) in [4.78, 5) is 12.1. The summed E-state index contributed by atoms with van der Waals surface area (Å²) < 4.78 is 0. The quantitative estimate of drug-likeness (QED) is 0.267. The second-order valence-electron chi connectivity index (χ2n) is 5.67. The fourth-order valence-corrected chi connectivity index (χ4v) is 2.63. The van der Waals surface area contributed by atoms with Crippen molar-refractivity contribution in [3.8, 4) is 0 Å². The van der Waals surface area contributed by atoms with Crippen molar-refractivity contribution >= 4 is 28.7 Å². The lowest BCUT2D eigenvalue weighted by atomic mass is 10.0. The Kier molecular flexibility index (Phi) is 5.48. The predicted molar refractivity (Wildman–Crippen MR) is 103 cm³/mol. The zero-order valence-corrected chi connectivity index (χ0v) is 14.1. The Labute approximate surface area is 151 Å². The van der Waals surface area contributed by atoms with Crippen LogP contribution in [0.2, 0.25) is 0 Å². The minimum atomic E-state index is -0.462. The zero-order valence-electron chi connectivity index (χ0n) is 14.1. The molecule has 6 heteroatoms. The van der Waals surface area contributed by atoms with E-state index in [9.17, 15) is 9.90 Å². The molecule has 3 rings (SSSR count). The van der Waals surface area contributed by atoms with Gasteiger partial charge < -0.3 is 15.7 Å². The van der Waals surface area contributed by atoms with E-state index in [1.807, 2.05) is 60.7 Å². The standard InChI is InChI=1S/C20H20N4O2/c21-24-20(26)17-12-19(23-16-9-5-2-6-10-16)18(11-14(17)13-25)22-15-7-3-1-4-8-15/h1-12,22-23,25H,13,21H2,(H,24,26). The van der Waals surface area contributed by atoms with Crippen molar-refractivity contribution in [2.75, 3.05) is 10.6 Å². The minimum absolute atomic E-state index is 0.280. The number of hydrazine groups is 1. The number of aliphatic hydroxyl groups is 1. The van der Waals surface area contributed by atoms with Crippen LogP contribution in [0.15, 0.2) is 72.8 Å². The summed E-state index contributed by atoms with van der Waals surface area (Å²) in [6.45, 7) is -0.280. The van der Waals surface area contributed by atoms with Crippen LogP contribution in [0.1, 0.15) is 15.9 Å². The molecule has 26 heavy (non-hydrogen) atoms. The van der Waals surface area contributed by atoms with Gasteiger partial charge in [0.15, 0.2) is 0 Å². The molecule has 0 aliphatic rings. The van der Waals surface area contributed by atoms with Crippen LogP contribution in [0, 0.1) is 0 Å². The maximum atomic E-state index is 12.1. The van der Waals surface area contributed by atoms with Gasteiger partial charge in [-0.3, -0.25) is 10.2 Å². The van der Waals surface area contributed by atoms with Gasteiger partial charge in [-0.05, 0) is 42.0 Å². The lowest BCUT2D eigenvalue weighted by Crippen LogP contribution is -2.31. The van der Waals surface area contributed by atoms with Crippen molar-refractivity contribution in [1.82, 2.24) is 5.43 Å². The highest BCUT2D eigenvalue weighted by atomic mass is 16.3. The van der Waals surface area contributed by atoms with Crippen LogP contribution in [0.25, 0.3) is 0 Å². The Morgan fingerprint density at radius 3 is 1.81 bits per heavy atom. The van der Waals surface area contributed by atoms with E-state index in [0.29, 0.717) is 16.8 Å². The van der Waals surface area contributed by atoms with Crippen molar-refractivity contribution in [2.45, 2.75) is 6.61 Å². The van der Waals surface area contributed by atoms with Crippen LogP contribution in [0.3, 0.4) is 0 Å². The number of nitrogen functional groups attached to an aromatic ring is 1. The van der Waals surface area contributed by atoms with Crippen LogP contribution >= 0.6 is 0 Å². The molecule has 3 aromatic rings. The van der Waals surface area contributed by atoms with Crippen LogP contribution < -0.4 is 21.9 Å². The van der Waals surface area contributed by atoms with Crippen molar-refractivity contribution in [3.05, 3.63) is 83.9 Å². The number of hydrogen-bond donors (Lipinski definition) is 5. The first kappa shape index (κ1) is 17.5. The SMILES string of the molecule is NNC(=O)c1cc(Nc2ccccc2)c(Nc2ccccc2)cc1CO. The first-order valence-corrected chi connectivity index (χ1v) is 8.14. The second-order valence-corrected chi connectivity index (χ2v) is 5.67. The fourth-order valence-electron chi connectivity index (χ4n) is 2.63. The first-order chi connectivity index (χ1) is 12.7. The highest BCUT2D eigenvalue weighted by Gasteiger charge is 2.15. The molecule has 0 saturated heterocycles. The van der Waals surface area contributed by atoms with E-state index in [0.717, 1.165) is 17.1 Å². The Bertz CT molecular complexity index is 883. The van der Waals surface area contributed by atoms with Gasteiger partial charge in [-0.1, -0.05) is 36.4 Å². The molecule has 0 spiro atoms. The number of para-hydroxylation sites is 2. The van der Waals surface area contributed by atoms with Crippen molar-refractivity contribution in [2.24, 2.45) is 5.84 Å². The predicted octanol–water partition coefficient (Wildman–Crippen LogP) is 3.27. The minimum Gasteiger partial charge on any atom is -0.392 e. The van der Waals surface area contributed by atoms with Crippen molar-refractivity contribution < 1.29 is 9.90 Å². The highest BCUT2D eigenvalue weighted by molar-refractivity contribution is 5.98. The third-order valence-corrected chi connectivity index (χ3v) is 3.90. The number of aliphatic hydroxyl groups excluding tert-OH is 1. The van der Waals surface area contributed by atoms with E-state index >= 15 is 0 Å². The van der Waals surface area contributed by atoms with Crippen LogP contribution in [0.5, 0.6) is 0 Å². The Morgan fingerprint density at radius 1 is 0.846 bits per heavy atom. The molecule has 0 unspecified atom stereocenters. The largest absolute Gasteiger partial charge is 0.392 e. The Balaban J connectivity index is 2.05. The summed E-state index contributed by atoms with van der Waals surface area (Å²) in [6, 6.07) is 22.7. The Hall–Kier alpha value is -3.35. The summed E-state index contributed by atoms with van der Waals surface area (Å²) in [5.41, 5.74) is 6.10. The number of carbonyl (C=O) groups is 1. The van der Waals surface area contributed by atoms with Crippen molar-refractivity contribution in [1.29, 1.82) is 0 Å². The smallest absolute Gasteiger partial charge is 0.265 e. The topological polar surface area (TPSA) is 99.4 Å². The van der Waals surface area contributed by atoms with Gasteiger partial charge in [0.2, 0.25) is 0 Å². The summed E-state index contributed by atoms with van der Waals surface area (Å²) in [6.07, 6.45) is 0. The summed E-state index contributed by atoms with van der Waals surface area (Å²) in [7, 11) is 0. The highest BCUT2D eigenvalue weighted by Crippen LogP contribution is 2.32. The maximum absolute atomic E-state index is 12.1. The number of nitrogens with one attached hydrogen (secondary N) is 3. The van der Waals surface area contributed by atoms with E-state index in [1.165, 1.54) is 0 Å². The van der Waals surface area contributed by atoms with Crippen LogP contribution in [0.4, 0.5) is 22.7 Å². The fraction of sp³-hybridized carbons (Fsp3) is 0.0500. The summed E-state index contributed by atoms with van der Waals surface area (Å²) >= 11 is 0. The van der Waals surface area contributed by atoms with Gasteiger partial charge in [0, 0.05) is 16.9 Å². The summed E-state index contributed by atoms with van der Waals surface area (Å²) in [5, 5.41) is 16.3. The average molecular weight is 348 g/mol. The molecule has 0 aliphatic carbocycles. The van der Waals surface area contributed by atoms with Gasteiger partial charge in [0.05, 0.1) is 18.0 Å². The molecular formula is C20H20N4O2. The number of carbonyl (C=O) groups excluding carboxylic acids is 1. The van der Waals surface area contributed by atoms with Gasteiger partial charge in [-0.2, -0.15) is 0 Å². The van der Waals surface area contributed by atoms with E-state index in [1.54, 1.807) is 12.1 Å². The number of anilines is 4. The van der Waals surface area contributed by atoms with Gasteiger partial charge in [-0.25, -0.2) is 5.84 Å². The number of hydrogen-bond acceptors (Lipinski definition) is 5. The third-order valence-electron chi connectivity index (χ3n) is 3.90. The molecule has 0 heterocycles. The molecule has 1 amide bonds. The molecule has 0 aromatic heterocycles. The van der Waals surface area contributed by atoms with E-state index < -0.39 is 5.91 Å². The molecule has 0 bridgehead atoms. The number of nitrogens with two attached hydrogens (primary N) is 1. The molecule has 6 nitrogen and oxygen atoms in total. The van der Waals surface area contributed by atoms with Gasteiger partial charge in [-0.15, -0.1) is 0 Å². The molecule has 0 saturated carbocycles. The number of amides is 1. The molecule has 0 fully saturated rings. The van der Waals surface area contributed by atoms with Crippen LogP contribution in [-0.4, -0.2) is 11.0 Å². The Morgan fingerprint density at radius 2 is 1.35 bits per heavy atom. The zero-order chi connectivity index (χ0) is 18.4. The normalized spacial score (nSPS) is 10.2. The molecule has 0 aliphatic heterocycles. The van der Waals surface area contributed by atoms with Crippen LogP contribution in [-0.2, 0) is 6.61 Å². The van der Waals surface area contributed by atoms with Gasteiger partial charge >= 0.3 is 0 Å². The van der Waals surface area contributed by atoms with Gasteiger partial charge in [0.1, 0.15) is 0 Å². The monoisotopic (exact) mass is 348 g/mol. The average Bonchev–Trinajstić information content (AvgIpc) is 2.70. The first-order valence-electron chi connectivity index (χ1n) is 8.14. The molecule has 6 N–H and O–H groups in total. The summed E-state index contributed by atoms with van der Waals surface area (Å²) in [5.74, 6) is 4.81. The lowest BCUT2D eigenvalue weighted by Gasteiger charge is -2.18. The van der Waals surface area contributed by atoms with E-state index in [4.69, 9.17) is 5.84 Å². The van der Waals surface area contributed by atoms with E-state index in [-0.39, 0.29) is 6.61 Å². The lowest BCUT2D eigenvalue weighted by molar-refractivity contribution is 0.0950. The molecule has 3 aromatic carbocycles. The number of rotatable bonds is 6. The molecule has 0 atom stereocenters.